The first-order valence-electron chi connectivity index (χ1n) is 10.5. The summed E-state index contributed by atoms with van der Waals surface area (Å²) in [5, 5.41) is 12.9. The third-order valence-electron chi connectivity index (χ3n) is 5.34. The molecule has 0 aliphatic heterocycles. The molecule has 0 aliphatic carbocycles. The Hall–Kier alpha value is -3.45. The van der Waals surface area contributed by atoms with Gasteiger partial charge in [0, 0.05) is 35.5 Å². The maximum absolute atomic E-state index is 13.3. The number of hydrogen-bond donors (Lipinski definition) is 3. The quantitative estimate of drug-likeness (QED) is 0.302. The molecule has 4 aromatic rings. The molecule has 0 spiro atoms. The number of methoxy groups -OCH3 is 1. The molecular weight excluding hydrogens is 538 g/mol. The van der Waals surface area contributed by atoms with Crippen LogP contribution in [0.4, 0.5) is 13.2 Å². The number of aliphatic hydroxyl groups excluding tert-OH is 1. The molecular formula is C23H18Cl2F3N5O4. The van der Waals surface area contributed by atoms with Crippen molar-refractivity contribution in [2.45, 2.75) is 18.8 Å². The molecule has 194 valence electrons. The Bertz CT molecular complexity index is 1460. The first kappa shape index (κ1) is 26.6. The number of carbonyl (C=O) groups excluding carboxylic acids is 1. The van der Waals surface area contributed by atoms with Crippen molar-refractivity contribution >= 4 is 40.0 Å². The second kappa shape index (κ2) is 10.5. The smallest absolute Gasteiger partial charge is 0.433 e. The number of pyridine rings is 2. The van der Waals surface area contributed by atoms with E-state index in [1.807, 2.05) is 0 Å². The number of halogens is 5. The Kier molecular flexibility index (Phi) is 7.55. The largest absolute Gasteiger partial charge is 0.494 e. The zero-order valence-corrected chi connectivity index (χ0v) is 20.4. The van der Waals surface area contributed by atoms with E-state index in [0.29, 0.717) is 5.56 Å². The summed E-state index contributed by atoms with van der Waals surface area (Å²) in [4.78, 5) is 24.8. The third kappa shape index (κ3) is 5.32. The van der Waals surface area contributed by atoms with Crippen LogP contribution in [0.5, 0.6) is 5.75 Å². The number of fused-ring (bicyclic) bond motifs is 1. The molecule has 1 amide bonds. The average molecular weight is 556 g/mol. The molecule has 0 radical (unpaired) electrons. The van der Waals surface area contributed by atoms with Crippen LogP contribution in [0.15, 0.2) is 41.1 Å². The number of nitrogens with zero attached hydrogens (tertiary/aromatic N) is 3. The van der Waals surface area contributed by atoms with Gasteiger partial charge in [0.15, 0.2) is 11.5 Å². The molecule has 37 heavy (non-hydrogen) atoms. The number of ether oxygens (including phenoxy) is 1. The van der Waals surface area contributed by atoms with Crippen molar-refractivity contribution in [3.05, 3.63) is 69.4 Å². The fourth-order valence-corrected chi connectivity index (χ4v) is 4.00. The minimum Gasteiger partial charge on any atom is -0.494 e. The van der Waals surface area contributed by atoms with E-state index in [4.69, 9.17) is 38.1 Å². The van der Waals surface area contributed by atoms with Crippen LogP contribution in [0.2, 0.25) is 10.0 Å². The number of carbonyl (C=O) groups is 1. The van der Waals surface area contributed by atoms with Gasteiger partial charge in [-0.15, -0.1) is 0 Å². The lowest BCUT2D eigenvalue weighted by molar-refractivity contribution is -0.140. The lowest BCUT2D eigenvalue weighted by Gasteiger charge is -2.11. The number of benzene rings is 1. The molecule has 0 fully saturated rings. The van der Waals surface area contributed by atoms with Crippen LogP contribution >= 0.6 is 23.2 Å². The number of rotatable bonds is 7. The molecule has 0 saturated carbocycles. The van der Waals surface area contributed by atoms with Gasteiger partial charge in [0.25, 0.3) is 5.91 Å². The third-order valence-corrected chi connectivity index (χ3v) is 5.99. The molecule has 3 aromatic heterocycles. The molecule has 9 nitrogen and oxygen atoms in total. The Labute approximate surface area is 217 Å². The number of nitrogens with one attached hydrogen (secondary N) is 1. The normalized spacial score (nSPS) is 12.5. The number of oxazole rings is 1. The van der Waals surface area contributed by atoms with Crippen LogP contribution in [0.25, 0.3) is 22.4 Å². The summed E-state index contributed by atoms with van der Waals surface area (Å²) in [5.41, 5.74) is 5.14. The molecule has 4 N–H and O–H groups in total. The molecule has 1 atom stereocenters. The summed E-state index contributed by atoms with van der Waals surface area (Å²) < 4.78 is 50.7. The monoisotopic (exact) mass is 555 g/mol. The van der Waals surface area contributed by atoms with Crippen LogP contribution in [-0.2, 0) is 12.7 Å². The molecule has 3 heterocycles. The molecule has 4 rings (SSSR count). The van der Waals surface area contributed by atoms with E-state index >= 15 is 0 Å². The summed E-state index contributed by atoms with van der Waals surface area (Å²) in [7, 11) is 1.30. The van der Waals surface area contributed by atoms with Gasteiger partial charge in [-0.1, -0.05) is 23.2 Å². The Morgan fingerprint density at radius 2 is 1.89 bits per heavy atom. The van der Waals surface area contributed by atoms with E-state index in [1.54, 1.807) is 0 Å². The van der Waals surface area contributed by atoms with E-state index in [2.05, 4.69) is 20.3 Å². The van der Waals surface area contributed by atoms with E-state index in [0.717, 1.165) is 6.07 Å². The summed E-state index contributed by atoms with van der Waals surface area (Å²) in [6.07, 6.45) is -1.95. The molecule has 0 unspecified atom stereocenters. The summed E-state index contributed by atoms with van der Waals surface area (Å²) in [6.45, 7) is -0.651. The summed E-state index contributed by atoms with van der Waals surface area (Å²) in [5.74, 6) is -0.884. The van der Waals surface area contributed by atoms with E-state index in [9.17, 15) is 23.1 Å². The number of aromatic nitrogens is 3. The predicted octanol–water partition coefficient (Wildman–Crippen LogP) is 4.54. The lowest BCUT2D eigenvalue weighted by Crippen LogP contribution is -2.26. The standard InChI is InChI=1S/C23H18Cl2F3N5O4/c1-36-16-4-2-11(10-3-5-17(23(26,27)28)32-18(10)16)22-33-19(20(37-22)15(29)9-34)21(35)31-6-12-13(24)7-30-8-14(12)25/h2-5,7-8,15,34H,6,9,29H2,1H3,(H,31,35)/t15-/m1/s1. The highest BCUT2D eigenvalue weighted by atomic mass is 35.5. The van der Waals surface area contributed by atoms with Gasteiger partial charge in [-0.3, -0.25) is 9.78 Å². The maximum atomic E-state index is 13.3. The number of alkyl halides is 3. The highest BCUT2D eigenvalue weighted by molar-refractivity contribution is 6.35. The Morgan fingerprint density at radius 1 is 1.19 bits per heavy atom. The number of nitrogens with two attached hydrogens (primary N) is 1. The summed E-state index contributed by atoms with van der Waals surface area (Å²) in [6, 6.07) is 3.79. The Morgan fingerprint density at radius 3 is 2.51 bits per heavy atom. The fourth-order valence-electron chi connectivity index (χ4n) is 3.50. The van der Waals surface area contributed by atoms with Crippen molar-refractivity contribution in [2.75, 3.05) is 13.7 Å². The topological polar surface area (TPSA) is 136 Å². The molecule has 0 aliphatic rings. The molecule has 14 heteroatoms. The van der Waals surface area contributed by atoms with Crippen LogP contribution in [0.3, 0.4) is 0 Å². The number of amides is 1. The van der Waals surface area contributed by atoms with Crippen molar-refractivity contribution in [1.82, 2.24) is 20.3 Å². The SMILES string of the molecule is COc1ccc(-c2nc(C(=O)NCc3c(Cl)cncc3Cl)c([C@H](N)CO)o2)c2ccc(C(F)(F)F)nc12. The van der Waals surface area contributed by atoms with Gasteiger partial charge in [0.2, 0.25) is 5.89 Å². The summed E-state index contributed by atoms with van der Waals surface area (Å²) >= 11 is 12.2. The van der Waals surface area contributed by atoms with Crippen molar-refractivity contribution < 1.29 is 32.2 Å². The van der Waals surface area contributed by atoms with E-state index < -0.39 is 30.4 Å². The minimum absolute atomic E-state index is 0.0787. The molecule has 0 bridgehead atoms. The van der Waals surface area contributed by atoms with Crippen LogP contribution in [0.1, 0.15) is 33.5 Å². The van der Waals surface area contributed by atoms with Gasteiger partial charge in [0.1, 0.15) is 17.0 Å². The Balaban J connectivity index is 1.77. The predicted molar refractivity (Wildman–Crippen MR) is 128 cm³/mol. The zero-order valence-electron chi connectivity index (χ0n) is 18.9. The van der Waals surface area contributed by atoms with Crippen molar-refractivity contribution in [2.24, 2.45) is 5.73 Å². The van der Waals surface area contributed by atoms with Crippen molar-refractivity contribution in [1.29, 1.82) is 0 Å². The number of aliphatic hydroxyl groups is 1. The average Bonchev–Trinajstić information content (AvgIpc) is 3.31. The van der Waals surface area contributed by atoms with Crippen molar-refractivity contribution in [3.63, 3.8) is 0 Å². The minimum atomic E-state index is -4.68. The highest BCUT2D eigenvalue weighted by Crippen LogP contribution is 2.37. The van der Waals surface area contributed by atoms with Crippen LogP contribution in [0, 0.1) is 0 Å². The van der Waals surface area contributed by atoms with E-state index in [-0.39, 0.29) is 56.2 Å². The first-order valence-corrected chi connectivity index (χ1v) is 11.3. The van der Waals surface area contributed by atoms with E-state index in [1.165, 1.54) is 37.7 Å². The van der Waals surface area contributed by atoms with Gasteiger partial charge in [-0.2, -0.15) is 13.2 Å². The first-order chi connectivity index (χ1) is 17.5. The zero-order chi connectivity index (χ0) is 26.9. The van der Waals surface area contributed by atoms with Crippen LogP contribution in [-0.4, -0.2) is 39.7 Å². The second-order valence-electron chi connectivity index (χ2n) is 7.69. The number of hydrogen-bond acceptors (Lipinski definition) is 8. The van der Waals surface area contributed by atoms with Gasteiger partial charge in [-0.25, -0.2) is 9.97 Å². The van der Waals surface area contributed by atoms with Crippen LogP contribution < -0.4 is 15.8 Å². The highest BCUT2D eigenvalue weighted by Gasteiger charge is 2.33. The second-order valence-corrected chi connectivity index (χ2v) is 8.51. The lowest BCUT2D eigenvalue weighted by atomic mass is 10.1. The van der Waals surface area contributed by atoms with Gasteiger partial charge < -0.3 is 25.3 Å². The fraction of sp³-hybridized carbons (Fsp3) is 0.217. The molecule has 0 saturated heterocycles. The van der Waals surface area contributed by atoms with Gasteiger partial charge in [0.05, 0.1) is 29.8 Å². The molecule has 1 aromatic carbocycles. The van der Waals surface area contributed by atoms with Gasteiger partial charge in [-0.05, 0) is 24.3 Å². The van der Waals surface area contributed by atoms with Crippen molar-refractivity contribution in [3.8, 4) is 17.2 Å². The maximum Gasteiger partial charge on any atom is 0.433 e. The van der Waals surface area contributed by atoms with Gasteiger partial charge >= 0.3 is 6.18 Å².